The Morgan fingerprint density at radius 2 is 1.71 bits per heavy atom. The minimum absolute atomic E-state index is 0.00562. The largest absolute Gasteiger partial charge is 0.337 e. The Morgan fingerprint density at radius 3 is 2.41 bits per heavy atom. The van der Waals surface area contributed by atoms with Gasteiger partial charge in [0.05, 0.1) is 5.69 Å². The number of benzene rings is 2. The first-order chi connectivity index (χ1) is 19.8. The molecule has 0 radical (unpaired) electrons. The molecule has 41 heavy (non-hydrogen) atoms. The summed E-state index contributed by atoms with van der Waals surface area (Å²) in [4.78, 5) is 29.8. The molecule has 2 aromatic carbocycles. The van der Waals surface area contributed by atoms with Gasteiger partial charge in [-0.15, -0.1) is 5.10 Å². The molecule has 1 atom stereocenters. The molecule has 0 spiro atoms. The molecule has 2 amide bonds. The van der Waals surface area contributed by atoms with Gasteiger partial charge in [-0.3, -0.25) is 9.59 Å². The average Bonchev–Trinajstić information content (AvgIpc) is 3.68. The number of piperidine rings is 1. The van der Waals surface area contributed by atoms with Crippen LogP contribution in [0, 0.1) is 24.5 Å². The van der Waals surface area contributed by atoms with Crippen molar-refractivity contribution in [2.24, 2.45) is 5.92 Å². The second-order valence-corrected chi connectivity index (χ2v) is 11.5. The van der Waals surface area contributed by atoms with Gasteiger partial charge in [-0.2, -0.15) is 5.10 Å². The summed E-state index contributed by atoms with van der Waals surface area (Å²) >= 11 is 3.43. The van der Waals surface area contributed by atoms with Gasteiger partial charge in [0.15, 0.2) is 17.3 Å². The third kappa shape index (κ3) is 5.40. The molecule has 12 heteroatoms. The number of amides is 2. The Labute approximate surface area is 243 Å². The van der Waals surface area contributed by atoms with E-state index in [1.165, 1.54) is 12.3 Å². The topological polar surface area (TPSA) is 89.2 Å². The molecule has 0 saturated carbocycles. The second kappa shape index (κ2) is 11.2. The normalized spacial score (nSPS) is 18.0. The average molecular weight is 624 g/mol. The Kier molecular flexibility index (Phi) is 7.41. The summed E-state index contributed by atoms with van der Waals surface area (Å²) in [6.07, 6.45) is 6.26. The molecule has 4 heterocycles. The number of para-hydroxylation sites is 1. The Morgan fingerprint density at radius 1 is 1.00 bits per heavy atom. The lowest BCUT2D eigenvalue weighted by Gasteiger charge is -2.31. The number of aromatic nitrogens is 5. The molecule has 1 unspecified atom stereocenters. The lowest BCUT2D eigenvalue weighted by Crippen LogP contribution is -2.39. The van der Waals surface area contributed by atoms with Gasteiger partial charge in [-0.05, 0) is 74.9 Å². The van der Waals surface area contributed by atoms with Crippen molar-refractivity contribution in [3.63, 3.8) is 0 Å². The number of anilines is 1. The van der Waals surface area contributed by atoms with Gasteiger partial charge in [0, 0.05) is 47.8 Å². The maximum atomic E-state index is 14.2. The number of rotatable bonds is 6. The van der Waals surface area contributed by atoms with E-state index in [2.05, 4.69) is 31.3 Å². The summed E-state index contributed by atoms with van der Waals surface area (Å²) in [5.41, 5.74) is 2.13. The number of halogens is 3. The highest BCUT2D eigenvalue weighted by Gasteiger charge is 2.35. The Balaban J connectivity index is 1.05. The predicted octanol–water partition coefficient (Wildman–Crippen LogP) is 4.89. The van der Waals surface area contributed by atoms with Crippen LogP contribution in [0.25, 0.3) is 5.69 Å². The zero-order valence-corrected chi connectivity index (χ0v) is 24.0. The molecule has 0 aliphatic carbocycles. The maximum absolute atomic E-state index is 14.2. The standard InChI is InChI=1S/C29H28BrF2N7O2/c1-18-16-39(27-23(31)3-2-4-24(27)32)34-26(18)29(41)36-12-9-19(10-13-36)15-21-17-38(35-33-21)25-11-14-37(28(25)40)22-7-5-20(30)6-8-22/h2-8,16-17,19,25H,9-15H2,1H3. The van der Waals surface area contributed by atoms with Crippen LogP contribution >= 0.6 is 15.9 Å². The van der Waals surface area contributed by atoms with Crippen LogP contribution in [0.5, 0.6) is 0 Å². The lowest BCUT2D eigenvalue weighted by molar-refractivity contribution is -0.120. The van der Waals surface area contributed by atoms with Crippen LogP contribution in [0.4, 0.5) is 14.5 Å². The first-order valence-electron chi connectivity index (χ1n) is 13.6. The monoisotopic (exact) mass is 623 g/mol. The minimum atomic E-state index is -0.747. The molecule has 0 bridgehead atoms. The fraction of sp³-hybridized carbons (Fsp3) is 0.345. The third-order valence-corrected chi connectivity index (χ3v) is 8.39. The summed E-state index contributed by atoms with van der Waals surface area (Å²) in [5.74, 6) is -1.43. The van der Waals surface area contributed by atoms with Crippen molar-refractivity contribution in [3.05, 3.63) is 87.9 Å². The van der Waals surface area contributed by atoms with E-state index in [0.717, 1.165) is 45.5 Å². The molecular weight excluding hydrogens is 596 g/mol. The number of nitrogens with zero attached hydrogens (tertiary/aromatic N) is 7. The maximum Gasteiger partial charge on any atom is 0.274 e. The molecule has 0 N–H and O–H groups in total. The molecule has 2 fully saturated rings. The van der Waals surface area contributed by atoms with Crippen molar-refractivity contribution in [1.29, 1.82) is 0 Å². The van der Waals surface area contributed by atoms with E-state index in [0.29, 0.717) is 44.0 Å². The van der Waals surface area contributed by atoms with Gasteiger partial charge in [0.25, 0.3) is 11.8 Å². The van der Waals surface area contributed by atoms with Crippen LogP contribution in [0.2, 0.25) is 0 Å². The number of aryl methyl sites for hydroxylation is 1. The van der Waals surface area contributed by atoms with Crippen molar-refractivity contribution in [1.82, 2.24) is 29.7 Å². The van der Waals surface area contributed by atoms with E-state index in [-0.39, 0.29) is 29.2 Å². The first kappa shape index (κ1) is 27.3. The van der Waals surface area contributed by atoms with E-state index in [1.807, 2.05) is 30.5 Å². The van der Waals surface area contributed by atoms with Crippen molar-refractivity contribution >= 4 is 33.4 Å². The summed E-state index contributed by atoms with van der Waals surface area (Å²) in [5, 5.41) is 12.8. The van der Waals surface area contributed by atoms with E-state index in [4.69, 9.17) is 0 Å². The Bertz CT molecular complexity index is 1570. The quantitative estimate of drug-likeness (QED) is 0.305. The molecule has 2 aliphatic heterocycles. The van der Waals surface area contributed by atoms with Gasteiger partial charge in [0.1, 0.15) is 11.7 Å². The minimum Gasteiger partial charge on any atom is -0.337 e. The second-order valence-electron chi connectivity index (χ2n) is 10.6. The highest BCUT2D eigenvalue weighted by Crippen LogP contribution is 2.30. The number of hydrogen-bond acceptors (Lipinski definition) is 5. The van der Waals surface area contributed by atoms with Crippen molar-refractivity contribution in [2.45, 2.75) is 38.6 Å². The van der Waals surface area contributed by atoms with Gasteiger partial charge in [0.2, 0.25) is 0 Å². The highest BCUT2D eigenvalue weighted by atomic mass is 79.9. The zero-order chi connectivity index (χ0) is 28.7. The van der Waals surface area contributed by atoms with E-state index in [9.17, 15) is 18.4 Å². The van der Waals surface area contributed by atoms with Crippen molar-refractivity contribution in [3.8, 4) is 5.69 Å². The fourth-order valence-electron chi connectivity index (χ4n) is 5.63. The molecule has 2 aromatic heterocycles. The van der Waals surface area contributed by atoms with Crippen LogP contribution in [0.15, 0.2) is 59.3 Å². The first-order valence-corrected chi connectivity index (χ1v) is 14.4. The van der Waals surface area contributed by atoms with Crippen LogP contribution in [0.3, 0.4) is 0 Å². The number of hydrogen-bond donors (Lipinski definition) is 0. The summed E-state index contributed by atoms with van der Waals surface area (Å²) in [7, 11) is 0. The SMILES string of the molecule is Cc1cn(-c2c(F)cccc2F)nc1C(=O)N1CCC(Cc2cn(C3CCN(c4ccc(Br)cc4)C3=O)nn2)CC1. The van der Waals surface area contributed by atoms with Gasteiger partial charge in [-0.1, -0.05) is 27.2 Å². The number of carbonyl (C=O) groups excluding carboxylic acids is 2. The van der Waals surface area contributed by atoms with Crippen LogP contribution in [-0.2, 0) is 11.2 Å². The molecule has 212 valence electrons. The molecule has 2 aliphatic rings. The van der Waals surface area contributed by atoms with E-state index in [1.54, 1.807) is 21.4 Å². The Hall–Kier alpha value is -3.93. The number of carbonyl (C=O) groups is 2. The van der Waals surface area contributed by atoms with Gasteiger partial charge < -0.3 is 9.80 Å². The van der Waals surface area contributed by atoms with Gasteiger partial charge >= 0.3 is 0 Å². The van der Waals surface area contributed by atoms with Crippen LogP contribution in [-0.4, -0.2) is 61.1 Å². The number of likely N-dealkylation sites (tertiary alicyclic amines) is 1. The fourth-order valence-corrected chi connectivity index (χ4v) is 5.89. The molecule has 6 rings (SSSR count). The summed E-state index contributed by atoms with van der Waals surface area (Å²) in [6.45, 7) is 3.42. The smallest absolute Gasteiger partial charge is 0.274 e. The molecule has 2 saturated heterocycles. The molecule has 9 nitrogen and oxygen atoms in total. The summed E-state index contributed by atoms with van der Waals surface area (Å²) < 4.78 is 32.2. The highest BCUT2D eigenvalue weighted by molar-refractivity contribution is 9.10. The summed E-state index contributed by atoms with van der Waals surface area (Å²) in [6, 6.07) is 10.9. The zero-order valence-electron chi connectivity index (χ0n) is 22.4. The predicted molar refractivity (Wildman–Crippen MR) is 151 cm³/mol. The van der Waals surface area contributed by atoms with Crippen molar-refractivity contribution in [2.75, 3.05) is 24.5 Å². The van der Waals surface area contributed by atoms with Crippen LogP contribution < -0.4 is 4.90 Å². The lowest BCUT2D eigenvalue weighted by atomic mass is 9.92. The van der Waals surface area contributed by atoms with Crippen molar-refractivity contribution < 1.29 is 18.4 Å². The van der Waals surface area contributed by atoms with E-state index < -0.39 is 11.6 Å². The van der Waals surface area contributed by atoms with Gasteiger partial charge in [-0.25, -0.2) is 18.1 Å². The molecular formula is C29H28BrF2N7O2. The molecule has 4 aromatic rings. The third-order valence-electron chi connectivity index (χ3n) is 7.86. The van der Waals surface area contributed by atoms with E-state index >= 15 is 0 Å². The van der Waals surface area contributed by atoms with Crippen LogP contribution in [0.1, 0.15) is 47.1 Å².